The zero-order valence-corrected chi connectivity index (χ0v) is 21.4. The van der Waals surface area contributed by atoms with Crippen LogP contribution in [0.4, 0.5) is 15.8 Å². The molecule has 9 heteroatoms. The van der Waals surface area contributed by atoms with Crippen molar-refractivity contribution in [2.24, 2.45) is 7.05 Å². The van der Waals surface area contributed by atoms with Gasteiger partial charge >= 0.3 is 0 Å². The number of aryl methyl sites for hydroxylation is 1. The number of hydrogen-bond donors (Lipinski definition) is 1. The van der Waals surface area contributed by atoms with E-state index in [4.69, 9.17) is 11.6 Å². The van der Waals surface area contributed by atoms with Gasteiger partial charge in [-0.1, -0.05) is 17.7 Å². The van der Waals surface area contributed by atoms with Crippen LogP contribution in [0.15, 0.2) is 47.4 Å². The lowest BCUT2D eigenvalue weighted by Crippen LogP contribution is -2.30. The molecule has 1 fully saturated rings. The lowest BCUT2D eigenvalue weighted by atomic mass is 9.97. The van der Waals surface area contributed by atoms with Crippen LogP contribution < -0.4 is 15.4 Å². The summed E-state index contributed by atoms with van der Waals surface area (Å²) in [5.41, 5.74) is 2.52. The number of benzene rings is 2. The van der Waals surface area contributed by atoms with Crippen molar-refractivity contribution in [3.05, 3.63) is 63.8 Å². The second-order valence-corrected chi connectivity index (χ2v) is 9.75. The first-order valence-corrected chi connectivity index (χ1v) is 12.2. The number of aromatic hydroxyl groups is 1. The average Bonchev–Trinajstić information content (AvgIpc) is 3.38. The maximum absolute atomic E-state index is 14.8. The number of carbonyl (C=O) groups excluding carboxylic acids is 1. The monoisotopic (exact) mass is 512 g/mol. The van der Waals surface area contributed by atoms with Gasteiger partial charge in [-0.2, -0.15) is 0 Å². The Morgan fingerprint density at radius 3 is 2.33 bits per heavy atom. The van der Waals surface area contributed by atoms with Crippen molar-refractivity contribution in [1.82, 2.24) is 9.47 Å². The van der Waals surface area contributed by atoms with E-state index in [0.29, 0.717) is 40.6 Å². The van der Waals surface area contributed by atoms with Crippen LogP contribution in [-0.4, -0.2) is 61.3 Å². The number of carbonyl (C=O) groups is 1. The van der Waals surface area contributed by atoms with Crippen LogP contribution in [0.2, 0.25) is 5.02 Å². The van der Waals surface area contributed by atoms with Crippen LogP contribution in [0.5, 0.6) is 5.75 Å². The van der Waals surface area contributed by atoms with Crippen molar-refractivity contribution in [1.29, 1.82) is 0 Å². The number of rotatable bonds is 8. The highest BCUT2D eigenvalue weighted by atomic mass is 35.5. The Morgan fingerprint density at radius 2 is 1.72 bits per heavy atom. The molecule has 1 amide bonds. The van der Waals surface area contributed by atoms with E-state index in [2.05, 4.69) is 0 Å². The van der Waals surface area contributed by atoms with Crippen LogP contribution in [0, 0.1) is 5.82 Å². The number of halogens is 2. The van der Waals surface area contributed by atoms with Crippen molar-refractivity contribution < 1.29 is 14.3 Å². The maximum atomic E-state index is 14.8. The van der Waals surface area contributed by atoms with Gasteiger partial charge in [0, 0.05) is 56.1 Å². The summed E-state index contributed by atoms with van der Waals surface area (Å²) >= 11 is 6.52. The average molecular weight is 513 g/mol. The van der Waals surface area contributed by atoms with Gasteiger partial charge in [0.05, 0.1) is 10.7 Å². The number of anilines is 2. The molecule has 4 rings (SSSR count). The molecular formula is C27H30ClFN4O3. The summed E-state index contributed by atoms with van der Waals surface area (Å²) in [5, 5.41) is 11.5. The molecule has 0 spiro atoms. The fraction of sp³-hybridized carbons (Fsp3) is 0.333. The predicted octanol–water partition coefficient (Wildman–Crippen LogP) is 4.34. The summed E-state index contributed by atoms with van der Waals surface area (Å²) in [6.07, 6.45) is 4.34. The van der Waals surface area contributed by atoms with Crippen molar-refractivity contribution >= 4 is 29.4 Å². The van der Waals surface area contributed by atoms with Gasteiger partial charge in [-0.25, -0.2) is 4.39 Å². The minimum absolute atomic E-state index is 0.119. The number of hydrogen-bond acceptors (Lipinski definition) is 5. The lowest BCUT2D eigenvalue weighted by molar-refractivity contribution is -0.107. The first-order chi connectivity index (χ1) is 17.2. The van der Waals surface area contributed by atoms with E-state index in [0.717, 1.165) is 32.3 Å². The highest BCUT2D eigenvalue weighted by Crippen LogP contribution is 2.41. The van der Waals surface area contributed by atoms with Crippen LogP contribution in [-0.2, 0) is 11.8 Å². The Bertz CT molecular complexity index is 1340. The van der Waals surface area contributed by atoms with Gasteiger partial charge in [0.25, 0.3) is 5.56 Å². The molecule has 190 valence electrons. The Hall–Kier alpha value is -3.36. The first kappa shape index (κ1) is 25.7. The molecule has 1 aromatic heterocycles. The van der Waals surface area contributed by atoms with Crippen molar-refractivity contribution in [3.8, 4) is 28.0 Å². The number of phenolic OH excluding ortho intramolecular Hbond substituents is 1. The fourth-order valence-corrected chi connectivity index (χ4v) is 4.80. The smallest absolute Gasteiger partial charge is 0.273 e. The third-order valence-electron chi connectivity index (χ3n) is 6.48. The molecule has 0 atom stereocenters. The van der Waals surface area contributed by atoms with E-state index < -0.39 is 5.82 Å². The quantitative estimate of drug-likeness (QED) is 0.455. The van der Waals surface area contributed by atoms with Crippen molar-refractivity contribution in [2.45, 2.75) is 12.8 Å². The van der Waals surface area contributed by atoms with Gasteiger partial charge in [0.2, 0.25) is 6.41 Å². The zero-order chi connectivity index (χ0) is 26.0. The van der Waals surface area contributed by atoms with Gasteiger partial charge in [0.15, 0.2) is 0 Å². The summed E-state index contributed by atoms with van der Waals surface area (Å²) in [5.74, 6) is -0.652. The van der Waals surface area contributed by atoms with Gasteiger partial charge in [-0.05, 0) is 62.8 Å². The standard InChI is InChI=1S/C27H30ClFN4O3/c1-30(2)10-11-33(17-34)24-7-6-18(12-23(24)28)21-14-20(29)15-22(26(21)35)19-13-25(27(36)31(3)16-19)32-8-4-5-9-32/h6-7,12-17,35H,4-5,8-11H2,1-3H3. The topological polar surface area (TPSA) is 69.0 Å². The summed E-state index contributed by atoms with van der Waals surface area (Å²) in [6.45, 7) is 2.69. The molecule has 1 saturated heterocycles. The SMILES string of the molecule is CN(C)CCN(C=O)c1ccc(-c2cc(F)cc(-c3cc(N4CCCC4)c(=O)n(C)c3)c2O)cc1Cl. The van der Waals surface area contributed by atoms with Crippen molar-refractivity contribution in [2.75, 3.05) is 50.1 Å². The number of phenols is 1. The molecule has 2 heterocycles. The summed E-state index contributed by atoms with van der Waals surface area (Å²) in [7, 11) is 5.48. The van der Waals surface area contributed by atoms with Crippen molar-refractivity contribution in [3.63, 3.8) is 0 Å². The first-order valence-electron chi connectivity index (χ1n) is 11.8. The van der Waals surface area contributed by atoms with Crippen LogP contribution in [0.25, 0.3) is 22.3 Å². The minimum Gasteiger partial charge on any atom is -0.507 e. The molecule has 0 saturated carbocycles. The zero-order valence-electron chi connectivity index (χ0n) is 20.7. The Kier molecular flexibility index (Phi) is 7.66. The lowest BCUT2D eigenvalue weighted by Gasteiger charge is -2.22. The van der Waals surface area contributed by atoms with E-state index in [1.807, 2.05) is 23.9 Å². The van der Waals surface area contributed by atoms with Gasteiger partial charge < -0.3 is 24.4 Å². The number of nitrogens with zero attached hydrogens (tertiary/aromatic N) is 4. The van der Waals surface area contributed by atoms with E-state index in [-0.39, 0.29) is 22.4 Å². The highest BCUT2D eigenvalue weighted by molar-refractivity contribution is 6.34. The van der Waals surface area contributed by atoms with E-state index >= 15 is 0 Å². The second kappa shape index (κ2) is 10.7. The molecule has 1 aliphatic heterocycles. The predicted molar refractivity (Wildman–Crippen MR) is 143 cm³/mol. The van der Waals surface area contributed by atoms with Gasteiger partial charge in [0.1, 0.15) is 17.3 Å². The van der Waals surface area contributed by atoms with Gasteiger partial charge in [-0.15, -0.1) is 0 Å². The molecule has 7 nitrogen and oxygen atoms in total. The number of pyridine rings is 1. The minimum atomic E-state index is -0.532. The molecule has 0 aliphatic carbocycles. The molecule has 1 aliphatic rings. The Labute approximate surface area is 214 Å². The summed E-state index contributed by atoms with van der Waals surface area (Å²) in [6, 6.07) is 9.22. The van der Waals surface area contributed by atoms with E-state index in [1.165, 1.54) is 21.6 Å². The molecule has 2 aromatic carbocycles. The molecule has 0 unspecified atom stereocenters. The van der Waals surface area contributed by atoms with Crippen LogP contribution in [0.3, 0.4) is 0 Å². The Balaban J connectivity index is 1.75. The number of amides is 1. The number of aromatic nitrogens is 1. The third-order valence-corrected chi connectivity index (χ3v) is 6.78. The molecule has 36 heavy (non-hydrogen) atoms. The maximum Gasteiger partial charge on any atom is 0.273 e. The molecule has 0 radical (unpaired) electrons. The van der Waals surface area contributed by atoms with E-state index in [9.17, 15) is 19.1 Å². The van der Waals surface area contributed by atoms with Crippen LogP contribution >= 0.6 is 11.6 Å². The largest absolute Gasteiger partial charge is 0.507 e. The molecule has 1 N–H and O–H groups in total. The summed E-state index contributed by atoms with van der Waals surface area (Å²) < 4.78 is 16.3. The fourth-order valence-electron chi connectivity index (χ4n) is 4.51. The highest BCUT2D eigenvalue weighted by Gasteiger charge is 2.21. The summed E-state index contributed by atoms with van der Waals surface area (Å²) in [4.78, 5) is 29.9. The third kappa shape index (κ3) is 5.24. The molecular weight excluding hydrogens is 483 g/mol. The normalized spacial score (nSPS) is 13.4. The molecule has 3 aromatic rings. The van der Waals surface area contributed by atoms with E-state index in [1.54, 1.807) is 37.5 Å². The Morgan fingerprint density at radius 1 is 1.06 bits per heavy atom. The molecule has 0 bridgehead atoms. The number of likely N-dealkylation sites (N-methyl/N-ethyl adjacent to an activating group) is 1. The van der Waals surface area contributed by atoms with Crippen LogP contribution in [0.1, 0.15) is 12.8 Å². The van der Waals surface area contributed by atoms with Gasteiger partial charge in [-0.3, -0.25) is 9.59 Å². The second-order valence-electron chi connectivity index (χ2n) is 9.34.